The number of benzene rings is 2. The smallest absolute Gasteiger partial charge is 0.410 e. The monoisotopic (exact) mass is 425 g/mol. The molecule has 0 bridgehead atoms. The maximum absolute atomic E-state index is 13.3. The molecule has 1 aliphatic rings. The van der Waals surface area contributed by atoms with Gasteiger partial charge in [0.25, 0.3) is 0 Å². The molecule has 0 aliphatic carbocycles. The van der Waals surface area contributed by atoms with E-state index < -0.39 is 20.2 Å². The van der Waals surface area contributed by atoms with Crippen molar-refractivity contribution in [3.8, 4) is 29.6 Å². The second-order valence-corrected chi connectivity index (χ2v) is 13.1. The molecule has 0 fully saturated rings. The maximum Gasteiger partial charge on any atom is 0.421 e. The Balaban J connectivity index is 2.12. The van der Waals surface area contributed by atoms with Gasteiger partial charge in [-0.3, -0.25) is 4.90 Å². The normalized spacial score (nSPS) is 16.0. The summed E-state index contributed by atoms with van der Waals surface area (Å²) < 4.78 is 5.69. The Bertz CT molecular complexity index is 1090. The third kappa shape index (κ3) is 5.37. The second-order valence-electron chi connectivity index (χ2n) is 8.40. The lowest BCUT2D eigenvalue weighted by Crippen LogP contribution is -2.43. The predicted molar refractivity (Wildman–Crippen MR) is 131 cm³/mol. The van der Waals surface area contributed by atoms with Gasteiger partial charge in [0, 0.05) is 11.5 Å². The molecule has 2 aromatic rings. The van der Waals surface area contributed by atoms with Gasteiger partial charge in [0.05, 0.1) is 5.69 Å². The molecule has 3 nitrogen and oxygen atoms in total. The molecule has 1 aliphatic heterocycles. The van der Waals surface area contributed by atoms with Crippen LogP contribution in [0.2, 0.25) is 19.6 Å². The molecule has 0 spiro atoms. The number of anilines is 1. The highest BCUT2D eigenvalue weighted by Crippen LogP contribution is 2.39. The van der Waals surface area contributed by atoms with Crippen molar-refractivity contribution in [1.82, 2.24) is 0 Å². The van der Waals surface area contributed by atoms with Crippen LogP contribution < -0.4 is 9.64 Å². The number of rotatable bonds is 4. The molecular weight excluding hydrogens is 398 g/mol. The molecule has 2 aromatic carbocycles. The molecule has 156 valence electrons. The van der Waals surface area contributed by atoms with Gasteiger partial charge >= 0.3 is 6.09 Å². The van der Waals surface area contributed by atoms with Crippen LogP contribution in [-0.2, 0) is 0 Å². The van der Waals surface area contributed by atoms with Crippen LogP contribution in [0.25, 0.3) is 5.57 Å². The van der Waals surface area contributed by atoms with E-state index in [2.05, 4.69) is 43.6 Å². The van der Waals surface area contributed by atoms with Gasteiger partial charge in [-0.05, 0) is 36.3 Å². The highest BCUT2D eigenvalue weighted by Gasteiger charge is 2.33. The summed E-state index contributed by atoms with van der Waals surface area (Å²) in [4.78, 5) is 14.9. The number of carbonyl (C=O) groups is 1. The molecule has 4 heteroatoms. The van der Waals surface area contributed by atoms with Crippen molar-refractivity contribution in [3.05, 3.63) is 78.9 Å². The molecule has 3 rings (SSSR count). The summed E-state index contributed by atoms with van der Waals surface area (Å²) in [5.74, 6) is 6.57. The van der Waals surface area contributed by atoms with E-state index in [1.807, 2.05) is 54.6 Å². The molecule has 2 atom stereocenters. The summed E-state index contributed by atoms with van der Waals surface area (Å²) in [7, 11) is -1.67. The lowest BCUT2D eigenvalue weighted by atomic mass is 9.85. The molecule has 0 saturated carbocycles. The maximum atomic E-state index is 13.3. The number of hydrogen-bond donors (Lipinski definition) is 0. The zero-order valence-electron chi connectivity index (χ0n) is 18.3. The third-order valence-electron chi connectivity index (χ3n) is 4.81. The minimum absolute atomic E-state index is 0.137. The van der Waals surface area contributed by atoms with Gasteiger partial charge < -0.3 is 4.74 Å². The standard InChI is InChI=1S/C27H27NO2Si/c1-6-13-21(7-2)25-20-22(18-19-31(3,4)5)28(26-17-12-11-16-24(25)26)27(29)30-23-14-9-8-10-15-23/h2,6,8-12,14-17,20-22H,1,13H2,3-5H3/t21-,22-/m0/s1. The number of carbonyl (C=O) groups excluding carboxylic acids is 1. The van der Waals surface area contributed by atoms with Crippen molar-refractivity contribution in [2.75, 3.05) is 4.90 Å². The first-order valence-corrected chi connectivity index (χ1v) is 13.8. The fourth-order valence-corrected chi connectivity index (χ4v) is 4.00. The van der Waals surface area contributed by atoms with Crippen LogP contribution in [0, 0.1) is 29.7 Å². The van der Waals surface area contributed by atoms with Gasteiger partial charge in [0.15, 0.2) is 0 Å². The number of ether oxygens (including phenoxy) is 1. The number of amides is 1. The first-order chi connectivity index (χ1) is 14.8. The molecule has 1 heterocycles. The number of hydrogen-bond acceptors (Lipinski definition) is 2. The van der Waals surface area contributed by atoms with Gasteiger partial charge in [-0.2, -0.15) is 0 Å². The van der Waals surface area contributed by atoms with E-state index in [1.54, 1.807) is 17.0 Å². The van der Waals surface area contributed by atoms with Gasteiger partial charge in [-0.1, -0.05) is 74.0 Å². The molecule has 0 saturated heterocycles. The lowest BCUT2D eigenvalue weighted by molar-refractivity contribution is 0.207. The van der Waals surface area contributed by atoms with Crippen LogP contribution in [0.15, 0.2) is 73.3 Å². The Hall–Kier alpha value is -3.47. The first-order valence-electron chi connectivity index (χ1n) is 10.3. The minimum Gasteiger partial charge on any atom is -0.410 e. The lowest BCUT2D eigenvalue weighted by Gasteiger charge is -2.34. The van der Waals surface area contributed by atoms with E-state index in [9.17, 15) is 4.79 Å². The van der Waals surface area contributed by atoms with Crippen LogP contribution in [0.1, 0.15) is 12.0 Å². The summed E-state index contributed by atoms with van der Waals surface area (Å²) >= 11 is 0. The zero-order valence-corrected chi connectivity index (χ0v) is 19.3. The Morgan fingerprint density at radius 1 is 1.19 bits per heavy atom. The molecule has 1 amide bonds. The van der Waals surface area contributed by atoms with E-state index in [0.29, 0.717) is 12.2 Å². The fraction of sp³-hybridized carbons (Fsp3) is 0.222. The Labute approximate surface area is 186 Å². The quantitative estimate of drug-likeness (QED) is 0.333. The zero-order chi connectivity index (χ0) is 22.4. The predicted octanol–water partition coefficient (Wildman–Crippen LogP) is 6.16. The van der Waals surface area contributed by atoms with Crippen LogP contribution in [0.3, 0.4) is 0 Å². The number of allylic oxidation sites excluding steroid dienone is 2. The molecular formula is C27H27NO2Si. The van der Waals surface area contributed by atoms with E-state index in [4.69, 9.17) is 11.2 Å². The summed E-state index contributed by atoms with van der Waals surface area (Å²) in [5, 5.41) is 0. The summed E-state index contributed by atoms with van der Waals surface area (Å²) in [6, 6.07) is 16.4. The molecule has 0 N–H and O–H groups in total. The van der Waals surface area contributed by atoms with Crippen molar-refractivity contribution in [3.63, 3.8) is 0 Å². The Morgan fingerprint density at radius 3 is 2.52 bits per heavy atom. The van der Waals surface area contributed by atoms with Crippen molar-refractivity contribution < 1.29 is 9.53 Å². The van der Waals surface area contributed by atoms with Crippen molar-refractivity contribution >= 4 is 25.4 Å². The largest absolute Gasteiger partial charge is 0.421 e. The third-order valence-corrected chi connectivity index (χ3v) is 5.70. The van der Waals surface area contributed by atoms with Crippen LogP contribution in [0.4, 0.5) is 10.5 Å². The number of terminal acetylenes is 1. The van der Waals surface area contributed by atoms with Crippen LogP contribution in [-0.4, -0.2) is 20.2 Å². The molecule has 0 radical (unpaired) electrons. The minimum atomic E-state index is -1.67. The topological polar surface area (TPSA) is 29.5 Å². The molecule has 0 aromatic heterocycles. The van der Waals surface area contributed by atoms with Gasteiger partial charge in [-0.15, -0.1) is 18.5 Å². The first kappa shape index (κ1) is 22.2. The van der Waals surface area contributed by atoms with E-state index in [1.165, 1.54) is 0 Å². The number of nitrogens with zero attached hydrogens (tertiary/aromatic N) is 1. The summed E-state index contributed by atoms with van der Waals surface area (Å²) in [6.45, 7) is 10.4. The highest BCUT2D eigenvalue weighted by atomic mass is 28.3. The molecule has 0 unspecified atom stereocenters. The van der Waals surface area contributed by atoms with E-state index in [0.717, 1.165) is 16.8 Å². The van der Waals surface area contributed by atoms with Crippen molar-refractivity contribution in [2.45, 2.75) is 32.1 Å². The summed E-state index contributed by atoms with van der Waals surface area (Å²) in [5.41, 5.74) is 6.07. The van der Waals surface area contributed by atoms with Crippen LogP contribution >= 0.6 is 0 Å². The summed E-state index contributed by atoms with van der Waals surface area (Å²) in [6.07, 6.45) is 9.88. The van der Waals surface area contributed by atoms with E-state index >= 15 is 0 Å². The van der Waals surface area contributed by atoms with Gasteiger partial charge in [0.1, 0.15) is 19.9 Å². The number of fused-ring (bicyclic) bond motifs is 1. The fourth-order valence-electron chi connectivity index (χ4n) is 3.41. The van der Waals surface area contributed by atoms with Gasteiger partial charge in [-0.25, -0.2) is 4.79 Å². The molecule has 31 heavy (non-hydrogen) atoms. The average molecular weight is 426 g/mol. The Kier molecular flexibility index (Phi) is 6.85. The van der Waals surface area contributed by atoms with Crippen LogP contribution in [0.5, 0.6) is 5.75 Å². The van der Waals surface area contributed by atoms with Crippen molar-refractivity contribution in [1.29, 1.82) is 0 Å². The van der Waals surface area contributed by atoms with Crippen molar-refractivity contribution in [2.24, 2.45) is 5.92 Å². The SMILES string of the molecule is C#C[C@@H](CC=C)C1=C[C@H](C#C[Si](C)(C)C)N(C(=O)Oc2ccccc2)c2ccccc21. The second kappa shape index (κ2) is 9.56. The average Bonchev–Trinajstić information content (AvgIpc) is 2.75. The highest BCUT2D eigenvalue weighted by molar-refractivity contribution is 6.83. The Morgan fingerprint density at radius 2 is 1.87 bits per heavy atom. The van der Waals surface area contributed by atoms with Gasteiger partial charge in [0.2, 0.25) is 0 Å². The number of para-hydroxylation sites is 2. The van der Waals surface area contributed by atoms with E-state index in [-0.39, 0.29) is 5.92 Å².